The molecule has 0 saturated heterocycles. The van der Waals surface area contributed by atoms with E-state index in [1.807, 2.05) is 0 Å². The first-order valence-electron chi connectivity index (χ1n) is 3.01. The Kier molecular flexibility index (Phi) is 6.27. The molecule has 0 bridgehead atoms. The molecule has 8 heavy (non-hydrogen) atoms. The Morgan fingerprint density at radius 3 is 2.62 bits per heavy atom. The number of halogens is 2. The number of hydrogen-bond donors (Lipinski definition) is 0. The molecule has 0 rings (SSSR count). The molecule has 0 aliphatic rings. The maximum atomic E-state index is 11.7. The zero-order chi connectivity index (χ0) is 6.41. The van der Waals surface area contributed by atoms with Crippen LogP contribution >= 0.6 is 22.6 Å². The Hall–Kier alpha value is 0.660. The SMILES string of the molecule is CCCCC(I)CF. The summed E-state index contributed by atoms with van der Waals surface area (Å²) in [7, 11) is 0. The lowest BCUT2D eigenvalue weighted by Gasteiger charge is -2.00. The van der Waals surface area contributed by atoms with Crippen molar-refractivity contribution in [2.45, 2.75) is 30.1 Å². The molecule has 0 spiro atoms. The summed E-state index contributed by atoms with van der Waals surface area (Å²) in [6.07, 6.45) is 3.38. The van der Waals surface area contributed by atoms with Gasteiger partial charge in [-0.2, -0.15) is 0 Å². The largest absolute Gasteiger partial charge is 0.250 e. The Balaban J connectivity index is 2.86. The Morgan fingerprint density at radius 2 is 2.25 bits per heavy atom. The number of alkyl halides is 2. The number of unbranched alkanes of at least 4 members (excludes halogenated alkanes) is 1. The van der Waals surface area contributed by atoms with E-state index in [9.17, 15) is 4.39 Å². The van der Waals surface area contributed by atoms with Crippen molar-refractivity contribution >= 4 is 22.6 Å². The fourth-order valence-corrected chi connectivity index (χ4v) is 0.943. The van der Waals surface area contributed by atoms with Gasteiger partial charge in [0.1, 0.15) is 6.67 Å². The van der Waals surface area contributed by atoms with Crippen molar-refractivity contribution in [2.75, 3.05) is 6.67 Å². The summed E-state index contributed by atoms with van der Waals surface area (Å²) >= 11 is 2.15. The highest BCUT2D eigenvalue weighted by Crippen LogP contribution is 2.09. The van der Waals surface area contributed by atoms with Crippen LogP contribution in [0.1, 0.15) is 26.2 Å². The van der Waals surface area contributed by atoms with E-state index in [0.29, 0.717) is 0 Å². The van der Waals surface area contributed by atoms with Crippen LogP contribution < -0.4 is 0 Å². The van der Waals surface area contributed by atoms with Crippen LogP contribution in [-0.2, 0) is 0 Å². The lowest BCUT2D eigenvalue weighted by Crippen LogP contribution is -1.98. The van der Waals surface area contributed by atoms with Crippen molar-refractivity contribution in [1.82, 2.24) is 0 Å². The fourth-order valence-electron chi connectivity index (χ4n) is 0.503. The van der Waals surface area contributed by atoms with Crippen molar-refractivity contribution < 1.29 is 4.39 Å². The number of hydrogen-bond acceptors (Lipinski definition) is 0. The average molecular weight is 230 g/mol. The van der Waals surface area contributed by atoms with Gasteiger partial charge in [0, 0.05) is 3.92 Å². The molecule has 1 atom stereocenters. The van der Waals surface area contributed by atoms with Gasteiger partial charge in [0.15, 0.2) is 0 Å². The summed E-state index contributed by atoms with van der Waals surface area (Å²) in [4.78, 5) is 0. The third kappa shape index (κ3) is 4.81. The van der Waals surface area contributed by atoms with Gasteiger partial charge < -0.3 is 0 Å². The van der Waals surface area contributed by atoms with E-state index in [4.69, 9.17) is 0 Å². The van der Waals surface area contributed by atoms with Gasteiger partial charge >= 0.3 is 0 Å². The van der Waals surface area contributed by atoms with Crippen LogP contribution in [-0.4, -0.2) is 10.6 Å². The minimum atomic E-state index is -0.166. The summed E-state index contributed by atoms with van der Waals surface area (Å²) in [6.45, 7) is 1.96. The molecule has 1 unspecified atom stereocenters. The topological polar surface area (TPSA) is 0 Å². The molecule has 0 aliphatic carbocycles. The first kappa shape index (κ1) is 8.66. The van der Waals surface area contributed by atoms with Crippen LogP contribution in [0.5, 0.6) is 0 Å². The Morgan fingerprint density at radius 1 is 1.62 bits per heavy atom. The molecule has 50 valence electrons. The second-order valence-electron chi connectivity index (χ2n) is 1.89. The maximum absolute atomic E-state index is 11.7. The first-order chi connectivity index (χ1) is 3.81. The molecular weight excluding hydrogens is 218 g/mol. The van der Waals surface area contributed by atoms with Gasteiger partial charge in [-0.3, -0.25) is 0 Å². The molecule has 0 aliphatic heterocycles. The van der Waals surface area contributed by atoms with E-state index >= 15 is 0 Å². The van der Waals surface area contributed by atoms with Gasteiger partial charge in [0.25, 0.3) is 0 Å². The van der Waals surface area contributed by atoms with Gasteiger partial charge in [-0.25, -0.2) is 4.39 Å². The summed E-state index contributed by atoms with van der Waals surface area (Å²) in [5, 5.41) is 0. The molecule has 0 fully saturated rings. The van der Waals surface area contributed by atoms with E-state index in [-0.39, 0.29) is 10.6 Å². The molecule has 0 nitrogen and oxygen atoms in total. The normalized spacial score (nSPS) is 13.9. The van der Waals surface area contributed by atoms with E-state index in [2.05, 4.69) is 29.5 Å². The van der Waals surface area contributed by atoms with Crippen LogP contribution in [0, 0.1) is 0 Å². The van der Waals surface area contributed by atoms with Gasteiger partial charge in [0.05, 0.1) is 0 Å². The van der Waals surface area contributed by atoms with Gasteiger partial charge in [0.2, 0.25) is 0 Å². The molecule has 0 heterocycles. The van der Waals surface area contributed by atoms with E-state index in [1.54, 1.807) is 0 Å². The van der Waals surface area contributed by atoms with Crippen molar-refractivity contribution in [2.24, 2.45) is 0 Å². The zero-order valence-electron chi connectivity index (χ0n) is 5.16. The standard InChI is InChI=1S/C6H12FI/c1-2-3-4-6(8)5-7/h6H,2-5H2,1H3. The molecule has 0 amide bonds. The van der Waals surface area contributed by atoms with Crippen molar-refractivity contribution in [3.05, 3.63) is 0 Å². The first-order valence-corrected chi connectivity index (χ1v) is 4.25. The molecule has 0 aromatic heterocycles. The Labute approximate surface area is 64.0 Å². The molecule has 0 aromatic carbocycles. The summed E-state index contributed by atoms with van der Waals surface area (Å²) in [6, 6.07) is 0. The molecule has 0 saturated carbocycles. The van der Waals surface area contributed by atoms with Crippen LogP contribution in [0.25, 0.3) is 0 Å². The smallest absolute Gasteiger partial charge is 0.101 e. The summed E-state index contributed by atoms with van der Waals surface area (Å²) < 4.78 is 12.0. The number of rotatable bonds is 4. The van der Waals surface area contributed by atoms with Crippen LogP contribution in [0.3, 0.4) is 0 Å². The third-order valence-corrected chi connectivity index (χ3v) is 1.99. The average Bonchev–Trinajstić information content (AvgIpc) is 1.83. The fraction of sp³-hybridized carbons (Fsp3) is 1.00. The highest BCUT2D eigenvalue weighted by atomic mass is 127. The molecule has 2 heteroatoms. The van der Waals surface area contributed by atoms with Crippen LogP contribution in [0.4, 0.5) is 4.39 Å². The monoisotopic (exact) mass is 230 g/mol. The van der Waals surface area contributed by atoms with E-state index < -0.39 is 0 Å². The highest BCUT2D eigenvalue weighted by Gasteiger charge is 1.99. The minimum Gasteiger partial charge on any atom is -0.250 e. The van der Waals surface area contributed by atoms with E-state index in [1.165, 1.54) is 6.42 Å². The van der Waals surface area contributed by atoms with Crippen LogP contribution in [0.15, 0.2) is 0 Å². The van der Waals surface area contributed by atoms with Gasteiger partial charge in [-0.05, 0) is 6.42 Å². The summed E-state index contributed by atoms with van der Waals surface area (Å²) in [5.41, 5.74) is 0. The second-order valence-corrected chi connectivity index (χ2v) is 3.66. The third-order valence-electron chi connectivity index (χ3n) is 1.04. The minimum absolute atomic E-state index is 0.166. The molecule has 0 radical (unpaired) electrons. The molecule has 0 N–H and O–H groups in total. The lowest BCUT2D eigenvalue weighted by atomic mass is 10.2. The predicted octanol–water partition coefficient (Wildman–Crippen LogP) is 2.95. The Bertz CT molecular complexity index is 47.8. The van der Waals surface area contributed by atoms with Crippen molar-refractivity contribution in [3.63, 3.8) is 0 Å². The molecule has 0 aromatic rings. The quantitative estimate of drug-likeness (QED) is 0.514. The summed E-state index contributed by atoms with van der Waals surface area (Å²) in [5.74, 6) is 0. The molecular formula is C6H12FI. The van der Waals surface area contributed by atoms with Gasteiger partial charge in [-0.15, -0.1) is 0 Å². The van der Waals surface area contributed by atoms with Crippen LogP contribution in [0.2, 0.25) is 0 Å². The predicted molar refractivity (Wildman–Crippen MR) is 43.3 cm³/mol. The van der Waals surface area contributed by atoms with Crippen molar-refractivity contribution in [3.8, 4) is 0 Å². The lowest BCUT2D eigenvalue weighted by molar-refractivity contribution is 0.474. The maximum Gasteiger partial charge on any atom is 0.101 e. The zero-order valence-corrected chi connectivity index (χ0v) is 7.32. The van der Waals surface area contributed by atoms with Crippen molar-refractivity contribution in [1.29, 1.82) is 0 Å². The second kappa shape index (κ2) is 5.79. The van der Waals surface area contributed by atoms with Gasteiger partial charge in [-0.1, -0.05) is 42.4 Å². The highest BCUT2D eigenvalue weighted by molar-refractivity contribution is 14.1. The van der Waals surface area contributed by atoms with E-state index in [0.717, 1.165) is 12.8 Å².